The van der Waals surface area contributed by atoms with Crippen LogP contribution in [-0.2, 0) is 76.0 Å². The van der Waals surface area contributed by atoms with Crippen LogP contribution in [0.25, 0.3) is 0 Å². The number of nitrogens with one attached hydrogen (secondary N) is 3. The number of rotatable bonds is 20. The minimum Gasteiger partial charge on any atom is -0.394 e. The predicted octanol–water partition coefficient (Wildman–Crippen LogP) is -13.8. The van der Waals surface area contributed by atoms with Gasteiger partial charge in [0, 0.05) is 20.8 Å². The van der Waals surface area contributed by atoms with Crippen LogP contribution in [0, 0.1) is 0 Å². The lowest BCUT2D eigenvalue weighted by Gasteiger charge is -2.50. The lowest BCUT2D eigenvalue weighted by atomic mass is 9.93. The van der Waals surface area contributed by atoms with Crippen LogP contribution in [0.4, 0.5) is 0 Å². The van der Waals surface area contributed by atoms with Crippen LogP contribution in [0.5, 0.6) is 0 Å². The van der Waals surface area contributed by atoms with Gasteiger partial charge in [-0.3, -0.25) is 14.4 Å². The van der Waals surface area contributed by atoms with Gasteiger partial charge in [0.15, 0.2) is 44.0 Å². The number of ether oxygens (including phenoxy) is 13. The molecule has 7 saturated heterocycles. The Morgan fingerprint density at radius 1 is 0.329 bits per heavy atom. The maximum atomic E-state index is 12.8. The van der Waals surface area contributed by atoms with Crippen molar-refractivity contribution in [2.24, 2.45) is 0 Å². The van der Waals surface area contributed by atoms with E-state index < -0.39 is 266 Å². The minimum absolute atomic E-state index is 0.820. The molecule has 37 heteroatoms. The van der Waals surface area contributed by atoms with Crippen LogP contribution in [0.1, 0.15) is 34.6 Å². The van der Waals surface area contributed by atoms with E-state index in [1.54, 1.807) is 0 Å². The van der Waals surface area contributed by atoms with Gasteiger partial charge in [0.25, 0.3) is 0 Å². The Morgan fingerprint density at radius 2 is 0.682 bits per heavy atom. The highest BCUT2D eigenvalue weighted by molar-refractivity contribution is 5.74. The second-order valence-electron chi connectivity index (χ2n) is 21.8. The molecule has 7 fully saturated rings. The van der Waals surface area contributed by atoms with Gasteiger partial charge in [-0.05, 0) is 13.8 Å². The predicted molar refractivity (Wildman–Crippen MR) is 264 cm³/mol. The molecule has 0 aromatic rings. The Morgan fingerprint density at radius 3 is 1.08 bits per heavy atom. The van der Waals surface area contributed by atoms with Crippen LogP contribution < -0.4 is 16.0 Å². The van der Waals surface area contributed by atoms with Gasteiger partial charge in [-0.1, -0.05) is 0 Å². The summed E-state index contributed by atoms with van der Waals surface area (Å²) in [6, 6.07) is -5.24. The maximum Gasteiger partial charge on any atom is 0.217 e. The number of hydrogen-bond donors (Lipinski definition) is 21. The lowest BCUT2D eigenvalue weighted by Crippen LogP contribution is -2.71. The number of carbonyl (C=O) groups excluding carboxylic acids is 3. The highest BCUT2D eigenvalue weighted by Gasteiger charge is 2.58. The van der Waals surface area contributed by atoms with Gasteiger partial charge < -0.3 is 169 Å². The highest BCUT2D eigenvalue weighted by atomic mass is 16.8. The second-order valence-corrected chi connectivity index (χ2v) is 21.8. The van der Waals surface area contributed by atoms with Crippen molar-refractivity contribution in [1.82, 2.24) is 16.0 Å². The summed E-state index contributed by atoms with van der Waals surface area (Å²) in [6.45, 7) is 0.864. The molecule has 7 rings (SSSR count). The van der Waals surface area contributed by atoms with Gasteiger partial charge in [0.1, 0.15) is 159 Å². The molecule has 0 saturated carbocycles. The molecule has 85 heavy (non-hydrogen) atoms. The zero-order valence-corrected chi connectivity index (χ0v) is 46.3. The molecule has 7 heterocycles. The van der Waals surface area contributed by atoms with E-state index in [2.05, 4.69) is 16.0 Å². The average molecular weight is 1240 g/mol. The Labute approximate surface area is 483 Å². The van der Waals surface area contributed by atoms with Crippen LogP contribution in [-0.4, -0.2) is 357 Å². The number of aliphatic hydroxyl groups is 18. The third-order valence-corrected chi connectivity index (χ3v) is 15.7. The molecule has 0 radical (unpaired) electrons. The summed E-state index contributed by atoms with van der Waals surface area (Å²) in [6.07, 6.45) is -58.4. The summed E-state index contributed by atoms with van der Waals surface area (Å²) >= 11 is 0. The van der Waals surface area contributed by atoms with Crippen molar-refractivity contribution in [3.63, 3.8) is 0 Å². The second kappa shape index (κ2) is 29.9. The number of aliphatic hydroxyl groups excluding tert-OH is 18. The standard InChI is InChI=1S/C48H81N3O34/c1-11-24(59)31(66)35(70)45(74-11)84-40-33(68)26(61)16(6-52)77-47(40)81-37-18(8-54)79-43(21(29(37)64)49-13(3)56)73-10-20-28(63)39(23(42(72)76-20)51-15(5)58)83-44-22(50-14(4)57)30(65)38(19(9-55)80-44)82-48-41(34(69)27(62)17(7-53)78-48)85-46-36(71)32(67)25(60)12(2)75-46/h11-12,16-48,52-55,59-72H,6-10H2,1-5H3,(H,49,56)(H,50,57)(H,51,58)/t11-,12-,16+,17+,18+,19+,20+,21+,22+,23+,24+,25+,26-,27-,28-,29+,30+,31+,32+,33-,34-,35-,36-,37+,38+,39+,40+,41+,42-,43+,44-,45-,46-,47-,48-/m0/s1. The zero-order chi connectivity index (χ0) is 62.8. The van der Waals surface area contributed by atoms with Crippen molar-refractivity contribution < 1.29 is 168 Å². The molecule has 7 aliphatic rings. The molecule has 0 unspecified atom stereocenters. The minimum atomic E-state index is -2.12. The smallest absolute Gasteiger partial charge is 0.217 e. The Kier molecular flexibility index (Phi) is 24.5. The fourth-order valence-electron chi connectivity index (χ4n) is 11.0. The number of amides is 3. The first-order chi connectivity index (χ1) is 40.1. The van der Waals surface area contributed by atoms with E-state index in [1.807, 2.05) is 0 Å². The van der Waals surface area contributed by atoms with Gasteiger partial charge >= 0.3 is 0 Å². The van der Waals surface area contributed by atoms with E-state index in [-0.39, 0.29) is 0 Å². The first kappa shape index (κ1) is 69.6. The largest absolute Gasteiger partial charge is 0.394 e. The fraction of sp³-hybridized carbons (Fsp3) is 0.938. The molecular formula is C48H81N3O34. The third kappa shape index (κ3) is 15.3. The van der Waals surface area contributed by atoms with E-state index in [1.165, 1.54) is 13.8 Å². The van der Waals surface area contributed by atoms with Gasteiger partial charge in [-0.2, -0.15) is 0 Å². The van der Waals surface area contributed by atoms with E-state index >= 15 is 0 Å². The normalized spacial score (nSPS) is 49.8. The summed E-state index contributed by atoms with van der Waals surface area (Å²) < 4.78 is 75.7. The third-order valence-electron chi connectivity index (χ3n) is 15.7. The highest BCUT2D eigenvalue weighted by Crippen LogP contribution is 2.37. The molecule has 21 N–H and O–H groups in total. The van der Waals surface area contributed by atoms with E-state index in [4.69, 9.17) is 61.6 Å². The maximum absolute atomic E-state index is 12.8. The molecule has 7 aliphatic heterocycles. The van der Waals surface area contributed by atoms with E-state index in [0.29, 0.717) is 0 Å². The molecule has 0 spiro atoms. The van der Waals surface area contributed by atoms with E-state index in [0.717, 1.165) is 20.8 Å². The van der Waals surface area contributed by atoms with Crippen molar-refractivity contribution >= 4 is 17.7 Å². The van der Waals surface area contributed by atoms with Crippen LogP contribution in [0.2, 0.25) is 0 Å². The summed E-state index contributed by atoms with van der Waals surface area (Å²) in [7, 11) is 0. The van der Waals surface area contributed by atoms with Crippen molar-refractivity contribution in [1.29, 1.82) is 0 Å². The molecular weight excluding hydrogens is 1160 g/mol. The lowest BCUT2D eigenvalue weighted by molar-refractivity contribution is -0.386. The summed E-state index contributed by atoms with van der Waals surface area (Å²) in [5, 5.41) is 203. The van der Waals surface area contributed by atoms with Gasteiger partial charge in [0.2, 0.25) is 17.7 Å². The Balaban J connectivity index is 1.10. The first-order valence-corrected chi connectivity index (χ1v) is 27.3. The van der Waals surface area contributed by atoms with Crippen molar-refractivity contribution in [3.8, 4) is 0 Å². The molecule has 35 atom stereocenters. The van der Waals surface area contributed by atoms with Crippen LogP contribution in [0.3, 0.4) is 0 Å². The van der Waals surface area contributed by atoms with Crippen molar-refractivity contribution in [2.75, 3.05) is 33.0 Å². The Bertz CT molecular complexity index is 2150. The first-order valence-electron chi connectivity index (χ1n) is 27.3. The summed E-state index contributed by atoms with van der Waals surface area (Å²) in [5.41, 5.74) is 0. The average Bonchev–Trinajstić information content (AvgIpc) is 2.04. The van der Waals surface area contributed by atoms with Gasteiger partial charge in [-0.25, -0.2) is 0 Å². The van der Waals surface area contributed by atoms with Crippen LogP contribution in [0.15, 0.2) is 0 Å². The van der Waals surface area contributed by atoms with Crippen molar-refractivity contribution in [3.05, 3.63) is 0 Å². The molecule has 3 amide bonds. The molecule has 0 aromatic carbocycles. The van der Waals surface area contributed by atoms with Crippen molar-refractivity contribution in [2.45, 2.75) is 249 Å². The Hall–Kier alpha value is -2.83. The van der Waals surface area contributed by atoms with Crippen LogP contribution >= 0.6 is 0 Å². The molecule has 0 aliphatic carbocycles. The molecule has 0 aromatic heterocycles. The molecule has 37 nitrogen and oxygen atoms in total. The monoisotopic (exact) mass is 1240 g/mol. The summed E-state index contributed by atoms with van der Waals surface area (Å²) in [4.78, 5) is 38.0. The van der Waals surface area contributed by atoms with E-state index in [9.17, 15) is 106 Å². The summed E-state index contributed by atoms with van der Waals surface area (Å²) in [5.74, 6) is -2.51. The fourth-order valence-corrected chi connectivity index (χ4v) is 11.0. The van der Waals surface area contributed by atoms with Gasteiger partial charge in [0.05, 0.1) is 45.2 Å². The molecule has 0 bridgehead atoms. The van der Waals surface area contributed by atoms with Gasteiger partial charge in [-0.15, -0.1) is 0 Å². The zero-order valence-electron chi connectivity index (χ0n) is 46.3. The topological polar surface area (TPSA) is 571 Å². The SMILES string of the molecule is CC(=O)N[C@@H]1[C@@H](O[C@@H]2O[C@H](CO)[C@@H](O[C@@H]3O[C@H](CO)[C@H](O)[C@H](O)[C@H]3O[C@@H]3O[C@@H](C)[C@@H](O)[C@@H](O)[C@@H]3O)[C@H](O)[C@H]2NC(C)=O)[C@@H](O)[C@@H](CO[C@@H]2O[C@H](CO)[C@@H](O[C@@H]3O[C@H](CO)[C@H](O)[C@H](O)[C@H]3O[C@@H]3O[C@@H](C)[C@@H](O)[C@@H](O)[C@@H]3O)[C@H](O)[C@H]2NC(C)=O)O[C@@H]1O. The number of hydrogen-bond acceptors (Lipinski definition) is 34. The molecule has 492 valence electrons. The quantitative estimate of drug-likeness (QED) is 0.0538. The number of carbonyl (C=O) groups is 3.